The van der Waals surface area contributed by atoms with Crippen molar-refractivity contribution in [3.05, 3.63) is 0 Å². The summed E-state index contributed by atoms with van der Waals surface area (Å²) in [6.07, 6.45) is 10.2. The van der Waals surface area contributed by atoms with Crippen molar-refractivity contribution in [3.63, 3.8) is 0 Å². The van der Waals surface area contributed by atoms with Crippen molar-refractivity contribution in [3.8, 4) is 0 Å². The number of nitrogens with one attached hydrogen (secondary N) is 1. The van der Waals surface area contributed by atoms with Crippen LogP contribution >= 0.6 is 0 Å². The van der Waals surface area contributed by atoms with E-state index in [0.29, 0.717) is 6.04 Å². The first-order valence-corrected chi connectivity index (χ1v) is 8.87. The van der Waals surface area contributed by atoms with Crippen molar-refractivity contribution in [1.29, 1.82) is 0 Å². The molecule has 1 aliphatic rings. The molecule has 126 valence electrons. The molecule has 1 rings (SSSR count). The van der Waals surface area contributed by atoms with Crippen molar-refractivity contribution >= 4 is 0 Å². The highest BCUT2D eigenvalue weighted by molar-refractivity contribution is 4.84. The maximum Gasteiger partial charge on any atom is 0.251 e. The summed E-state index contributed by atoms with van der Waals surface area (Å²) in [6, 6.07) is 0.608. The second-order valence-electron chi connectivity index (χ2n) is 6.47. The fraction of sp³-hybridized carbons (Fsp3) is 1.00. The largest absolute Gasteiger partial charge is 0.313 e. The first-order valence-electron chi connectivity index (χ1n) is 8.87. The highest BCUT2D eigenvalue weighted by Gasteiger charge is 2.25. The van der Waals surface area contributed by atoms with Gasteiger partial charge in [0.15, 0.2) is 0 Å². The van der Waals surface area contributed by atoms with E-state index in [2.05, 4.69) is 12.2 Å². The van der Waals surface area contributed by atoms with Crippen LogP contribution in [0.5, 0.6) is 0 Å². The number of rotatable bonds is 5. The predicted octanol–water partition coefficient (Wildman–Crippen LogP) is 4.44. The molecule has 2 unspecified atom stereocenters. The molecule has 1 aliphatic carbocycles. The SMILES string of the molecule is CCNC1CCCCCCCCCCC1N(C)CC(F)F. The van der Waals surface area contributed by atoms with Crippen molar-refractivity contribution in [2.24, 2.45) is 0 Å². The zero-order chi connectivity index (χ0) is 15.5. The highest BCUT2D eigenvalue weighted by atomic mass is 19.3. The third-order valence-electron chi connectivity index (χ3n) is 4.69. The Hall–Kier alpha value is -0.220. The molecule has 0 aromatic heterocycles. The molecular weight excluding hydrogens is 270 g/mol. The summed E-state index contributed by atoms with van der Waals surface area (Å²) in [5.74, 6) is 0. The molecule has 1 fully saturated rings. The van der Waals surface area contributed by atoms with E-state index in [1.165, 1.54) is 51.4 Å². The van der Waals surface area contributed by atoms with Gasteiger partial charge in [-0.15, -0.1) is 0 Å². The normalized spacial score (nSPS) is 26.6. The van der Waals surface area contributed by atoms with Gasteiger partial charge in [-0.2, -0.15) is 0 Å². The van der Waals surface area contributed by atoms with E-state index in [-0.39, 0.29) is 12.6 Å². The minimum atomic E-state index is -2.24. The third-order valence-corrected chi connectivity index (χ3v) is 4.69. The Kier molecular flexibility index (Phi) is 10.2. The van der Waals surface area contributed by atoms with E-state index in [0.717, 1.165) is 19.4 Å². The Morgan fingerprint density at radius 2 is 1.48 bits per heavy atom. The molecule has 0 saturated heterocycles. The molecule has 1 saturated carbocycles. The van der Waals surface area contributed by atoms with Gasteiger partial charge in [0.2, 0.25) is 0 Å². The molecule has 2 nitrogen and oxygen atoms in total. The van der Waals surface area contributed by atoms with E-state index in [1.807, 2.05) is 11.9 Å². The van der Waals surface area contributed by atoms with Crippen LogP contribution in [0.15, 0.2) is 0 Å². The molecule has 0 amide bonds. The molecule has 0 spiro atoms. The Labute approximate surface area is 129 Å². The number of hydrogen-bond acceptors (Lipinski definition) is 2. The van der Waals surface area contributed by atoms with Crippen LogP contribution < -0.4 is 5.32 Å². The van der Waals surface area contributed by atoms with Crippen LogP contribution in [0, 0.1) is 0 Å². The minimum Gasteiger partial charge on any atom is -0.313 e. The summed E-state index contributed by atoms with van der Waals surface area (Å²) in [5.41, 5.74) is 0. The molecule has 0 radical (unpaired) electrons. The number of likely N-dealkylation sites (N-methyl/N-ethyl adjacent to an activating group) is 2. The monoisotopic (exact) mass is 304 g/mol. The molecule has 4 heteroatoms. The van der Waals surface area contributed by atoms with Crippen molar-refractivity contribution in [1.82, 2.24) is 10.2 Å². The smallest absolute Gasteiger partial charge is 0.251 e. The maximum atomic E-state index is 12.7. The van der Waals surface area contributed by atoms with Crippen LogP contribution in [0.3, 0.4) is 0 Å². The van der Waals surface area contributed by atoms with Crippen LogP contribution in [-0.4, -0.2) is 43.5 Å². The highest BCUT2D eigenvalue weighted by Crippen LogP contribution is 2.21. The van der Waals surface area contributed by atoms with Gasteiger partial charge < -0.3 is 5.32 Å². The number of halogens is 2. The van der Waals surface area contributed by atoms with Gasteiger partial charge in [0.05, 0.1) is 6.54 Å². The summed E-state index contributed by atoms with van der Waals surface area (Å²) in [6.45, 7) is 2.93. The van der Waals surface area contributed by atoms with Gasteiger partial charge in [-0.1, -0.05) is 58.3 Å². The lowest BCUT2D eigenvalue weighted by Crippen LogP contribution is -2.50. The fourth-order valence-corrected chi connectivity index (χ4v) is 3.55. The van der Waals surface area contributed by atoms with Crippen LogP contribution in [-0.2, 0) is 0 Å². The zero-order valence-electron chi connectivity index (χ0n) is 13.9. The van der Waals surface area contributed by atoms with Gasteiger partial charge in [0.1, 0.15) is 0 Å². The first kappa shape index (κ1) is 18.8. The standard InChI is InChI=1S/C17H34F2N2/c1-3-20-15-12-10-8-6-4-5-7-9-11-13-16(15)21(2)14-17(18)19/h15-17,20H,3-14H2,1-2H3. The second kappa shape index (κ2) is 11.4. The summed E-state index contributed by atoms with van der Waals surface area (Å²) in [5, 5.41) is 3.55. The average Bonchev–Trinajstić information content (AvgIpc) is 2.41. The van der Waals surface area contributed by atoms with E-state index in [4.69, 9.17) is 0 Å². The quantitative estimate of drug-likeness (QED) is 0.807. The third kappa shape index (κ3) is 8.10. The minimum absolute atomic E-state index is 0.105. The Bertz CT molecular complexity index is 249. The van der Waals surface area contributed by atoms with Gasteiger partial charge >= 0.3 is 0 Å². The fourth-order valence-electron chi connectivity index (χ4n) is 3.55. The molecule has 2 atom stereocenters. The van der Waals surface area contributed by atoms with Gasteiger partial charge in [0, 0.05) is 12.1 Å². The second-order valence-corrected chi connectivity index (χ2v) is 6.47. The molecule has 0 bridgehead atoms. The van der Waals surface area contributed by atoms with E-state index in [9.17, 15) is 8.78 Å². The van der Waals surface area contributed by atoms with Crippen LogP contribution in [0.1, 0.15) is 71.1 Å². The molecule has 0 aliphatic heterocycles. The van der Waals surface area contributed by atoms with Crippen LogP contribution in [0.4, 0.5) is 8.78 Å². The molecule has 0 aromatic carbocycles. The maximum absolute atomic E-state index is 12.7. The molecule has 1 N–H and O–H groups in total. The van der Waals surface area contributed by atoms with Crippen LogP contribution in [0.2, 0.25) is 0 Å². The molecule has 21 heavy (non-hydrogen) atoms. The van der Waals surface area contributed by atoms with Crippen LogP contribution in [0.25, 0.3) is 0 Å². The molecular formula is C17H34F2N2. The average molecular weight is 304 g/mol. The summed E-state index contributed by atoms with van der Waals surface area (Å²) >= 11 is 0. The van der Waals surface area contributed by atoms with Crippen molar-refractivity contribution < 1.29 is 8.78 Å². The van der Waals surface area contributed by atoms with Gasteiger partial charge in [-0.3, -0.25) is 4.90 Å². The number of alkyl halides is 2. The van der Waals surface area contributed by atoms with E-state index in [1.54, 1.807) is 0 Å². The van der Waals surface area contributed by atoms with Gasteiger partial charge in [-0.05, 0) is 26.4 Å². The lowest BCUT2D eigenvalue weighted by molar-refractivity contribution is 0.0651. The summed E-state index contributed by atoms with van der Waals surface area (Å²) in [7, 11) is 1.87. The molecule has 0 aromatic rings. The Balaban J connectivity index is 2.64. The van der Waals surface area contributed by atoms with Crippen molar-refractivity contribution in [2.45, 2.75) is 89.6 Å². The summed E-state index contributed by atoms with van der Waals surface area (Å²) in [4.78, 5) is 1.89. The van der Waals surface area contributed by atoms with Gasteiger partial charge in [0.25, 0.3) is 6.43 Å². The lowest BCUT2D eigenvalue weighted by Gasteiger charge is -2.35. The van der Waals surface area contributed by atoms with E-state index < -0.39 is 6.43 Å². The van der Waals surface area contributed by atoms with Gasteiger partial charge in [-0.25, -0.2) is 8.78 Å². The molecule has 0 heterocycles. The topological polar surface area (TPSA) is 15.3 Å². The zero-order valence-corrected chi connectivity index (χ0v) is 13.9. The Morgan fingerprint density at radius 3 is 2.00 bits per heavy atom. The van der Waals surface area contributed by atoms with Crippen molar-refractivity contribution in [2.75, 3.05) is 20.1 Å². The lowest BCUT2D eigenvalue weighted by atomic mass is 9.93. The number of hydrogen-bond donors (Lipinski definition) is 1. The van der Waals surface area contributed by atoms with E-state index >= 15 is 0 Å². The Morgan fingerprint density at radius 1 is 0.952 bits per heavy atom. The summed E-state index contributed by atoms with van der Waals surface area (Å²) < 4.78 is 25.5. The number of nitrogens with zero attached hydrogens (tertiary/aromatic N) is 1. The first-order chi connectivity index (χ1) is 10.1. The predicted molar refractivity (Wildman–Crippen MR) is 86.1 cm³/mol.